The number of aldehydes is 1. The van der Waals surface area contributed by atoms with Crippen molar-refractivity contribution in [1.29, 1.82) is 0 Å². The van der Waals surface area contributed by atoms with Gasteiger partial charge in [-0.05, 0) is 12.8 Å². The van der Waals surface area contributed by atoms with Crippen LogP contribution in [0.3, 0.4) is 0 Å². The lowest BCUT2D eigenvalue weighted by Crippen LogP contribution is -2.25. The van der Waals surface area contributed by atoms with E-state index in [0.29, 0.717) is 19.3 Å². The summed E-state index contributed by atoms with van der Waals surface area (Å²) in [5.74, 6) is 2.53. The third-order valence-corrected chi connectivity index (χ3v) is 2.39. The van der Waals surface area contributed by atoms with E-state index in [2.05, 4.69) is 16.6 Å². The van der Waals surface area contributed by atoms with Gasteiger partial charge in [-0.2, -0.15) is 0 Å². The Labute approximate surface area is 94.0 Å². The van der Waals surface area contributed by atoms with Gasteiger partial charge >= 0.3 is 0 Å². The molecule has 2 fully saturated rings. The number of hydrogen-bond acceptors (Lipinski definition) is 3. The first-order valence-corrected chi connectivity index (χ1v) is 5.16. The minimum atomic E-state index is -0.206. The molecule has 2 atom stereocenters. The van der Waals surface area contributed by atoms with Gasteiger partial charge in [-0.3, -0.25) is 9.59 Å². The van der Waals surface area contributed by atoms with Crippen molar-refractivity contribution >= 4 is 18.1 Å². The number of carbonyl (C=O) groups is 3. The van der Waals surface area contributed by atoms with Gasteiger partial charge in [0, 0.05) is 12.8 Å². The first-order valence-electron chi connectivity index (χ1n) is 5.16. The second-order valence-corrected chi connectivity index (χ2v) is 3.67. The second kappa shape index (κ2) is 5.91. The lowest BCUT2D eigenvalue weighted by molar-refractivity contribution is -0.120. The number of hydrogen-bond donors (Lipinski definition) is 2. The van der Waals surface area contributed by atoms with Crippen LogP contribution >= 0.6 is 0 Å². The SMILES string of the molecule is C#C[C@@H]1CCC(=O)N1.O=C[C@@H]1CCC(=O)N1. The summed E-state index contributed by atoms with van der Waals surface area (Å²) in [6.07, 6.45) is 8.37. The van der Waals surface area contributed by atoms with Crippen LogP contribution in [0.2, 0.25) is 0 Å². The summed E-state index contributed by atoms with van der Waals surface area (Å²) in [5, 5.41) is 5.12. The summed E-state index contributed by atoms with van der Waals surface area (Å²) < 4.78 is 0. The quantitative estimate of drug-likeness (QED) is 0.458. The van der Waals surface area contributed by atoms with E-state index in [4.69, 9.17) is 6.42 Å². The molecule has 2 aliphatic rings. The number of carbonyl (C=O) groups excluding carboxylic acids is 3. The fourth-order valence-corrected chi connectivity index (χ4v) is 1.48. The summed E-state index contributed by atoms with van der Waals surface area (Å²) in [6, 6.07) is -0.204. The first kappa shape index (κ1) is 12.2. The molecule has 0 spiro atoms. The molecule has 2 N–H and O–H groups in total. The number of terminal acetylenes is 1. The first-order chi connectivity index (χ1) is 7.65. The highest BCUT2D eigenvalue weighted by Crippen LogP contribution is 2.03. The topological polar surface area (TPSA) is 75.3 Å². The molecule has 0 bridgehead atoms. The molecule has 0 aromatic rings. The molecular formula is C11H14N2O3. The molecule has 0 aromatic carbocycles. The maximum Gasteiger partial charge on any atom is 0.221 e. The van der Waals surface area contributed by atoms with Crippen LogP contribution in [0.25, 0.3) is 0 Å². The summed E-state index contributed by atoms with van der Waals surface area (Å²) >= 11 is 0. The summed E-state index contributed by atoms with van der Waals surface area (Å²) in [5.41, 5.74) is 0. The van der Waals surface area contributed by atoms with Gasteiger partial charge in [0.25, 0.3) is 0 Å². The third-order valence-electron chi connectivity index (χ3n) is 2.39. The number of nitrogens with one attached hydrogen (secondary N) is 2. The van der Waals surface area contributed by atoms with Crippen LogP contribution in [0, 0.1) is 12.3 Å². The molecule has 2 saturated heterocycles. The molecule has 2 rings (SSSR count). The van der Waals surface area contributed by atoms with E-state index in [9.17, 15) is 14.4 Å². The molecule has 2 amide bonds. The van der Waals surface area contributed by atoms with E-state index in [1.54, 1.807) is 0 Å². The van der Waals surface area contributed by atoms with Crippen molar-refractivity contribution in [1.82, 2.24) is 10.6 Å². The molecule has 0 radical (unpaired) electrons. The van der Waals surface area contributed by atoms with Crippen LogP contribution in [-0.4, -0.2) is 30.2 Å². The molecule has 5 heteroatoms. The van der Waals surface area contributed by atoms with Crippen molar-refractivity contribution in [3.63, 3.8) is 0 Å². The molecule has 86 valence electrons. The van der Waals surface area contributed by atoms with Gasteiger partial charge in [-0.25, -0.2) is 0 Å². The van der Waals surface area contributed by atoms with Crippen LogP contribution in [0.4, 0.5) is 0 Å². The highest BCUT2D eigenvalue weighted by Gasteiger charge is 2.18. The molecular weight excluding hydrogens is 208 g/mol. The van der Waals surface area contributed by atoms with E-state index in [0.717, 1.165) is 12.7 Å². The molecule has 0 aliphatic carbocycles. The van der Waals surface area contributed by atoms with Gasteiger partial charge in [-0.1, -0.05) is 5.92 Å². The Morgan fingerprint density at radius 2 is 1.81 bits per heavy atom. The molecule has 5 nitrogen and oxygen atoms in total. The summed E-state index contributed by atoms with van der Waals surface area (Å²) in [4.78, 5) is 30.7. The Morgan fingerprint density at radius 3 is 2.06 bits per heavy atom. The largest absolute Gasteiger partial charge is 0.347 e. The third kappa shape index (κ3) is 3.73. The Kier molecular flexibility index (Phi) is 4.52. The zero-order valence-electron chi connectivity index (χ0n) is 8.86. The fourth-order valence-electron chi connectivity index (χ4n) is 1.48. The van der Waals surface area contributed by atoms with Crippen molar-refractivity contribution in [3.05, 3.63) is 0 Å². The molecule has 0 aromatic heterocycles. The van der Waals surface area contributed by atoms with E-state index >= 15 is 0 Å². The zero-order valence-corrected chi connectivity index (χ0v) is 8.86. The standard InChI is InChI=1S/C6H7NO.C5H7NO2/c1-2-5-3-4-6(8)7-5;7-3-4-1-2-5(8)6-4/h1,5H,3-4H2,(H,7,8);3-4H,1-2H2,(H,6,8)/t5-;4-/m10/s1. The number of amides is 2. The smallest absolute Gasteiger partial charge is 0.221 e. The fraction of sp³-hybridized carbons (Fsp3) is 0.545. The highest BCUT2D eigenvalue weighted by molar-refractivity contribution is 5.83. The maximum absolute atomic E-state index is 10.4. The van der Waals surface area contributed by atoms with E-state index < -0.39 is 0 Å². The Balaban J connectivity index is 0.000000160. The molecule has 0 saturated carbocycles. The van der Waals surface area contributed by atoms with Crippen LogP contribution in [0.5, 0.6) is 0 Å². The van der Waals surface area contributed by atoms with Gasteiger partial charge in [-0.15, -0.1) is 6.42 Å². The van der Waals surface area contributed by atoms with Crippen molar-refractivity contribution in [3.8, 4) is 12.3 Å². The normalized spacial score (nSPS) is 27.2. The van der Waals surface area contributed by atoms with Crippen molar-refractivity contribution in [2.75, 3.05) is 0 Å². The van der Waals surface area contributed by atoms with Crippen LogP contribution in [0.15, 0.2) is 0 Å². The predicted molar refractivity (Wildman–Crippen MR) is 57.2 cm³/mol. The summed E-state index contributed by atoms with van der Waals surface area (Å²) in [7, 11) is 0. The van der Waals surface area contributed by atoms with Crippen molar-refractivity contribution in [2.24, 2.45) is 0 Å². The summed E-state index contributed by atoms with van der Waals surface area (Å²) in [6.45, 7) is 0. The average molecular weight is 222 g/mol. The molecule has 16 heavy (non-hydrogen) atoms. The molecule has 0 unspecified atom stereocenters. The second-order valence-electron chi connectivity index (χ2n) is 3.67. The van der Waals surface area contributed by atoms with E-state index in [1.165, 1.54) is 0 Å². The average Bonchev–Trinajstić information content (AvgIpc) is 2.88. The minimum Gasteiger partial charge on any atom is -0.347 e. The van der Waals surface area contributed by atoms with Gasteiger partial charge < -0.3 is 15.4 Å². The monoisotopic (exact) mass is 222 g/mol. The van der Waals surface area contributed by atoms with Crippen molar-refractivity contribution in [2.45, 2.75) is 37.8 Å². The lowest BCUT2D eigenvalue weighted by atomic mass is 10.2. The zero-order chi connectivity index (χ0) is 12.0. The molecule has 2 heterocycles. The van der Waals surface area contributed by atoms with E-state index in [1.807, 2.05) is 0 Å². The van der Waals surface area contributed by atoms with Gasteiger partial charge in [0.1, 0.15) is 6.29 Å². The Hall–Kier alpha value is -1.83. The lowest BCUT2D eigenvalue weighted by Gasteiger charge is -1.95. The van der Waals surface area contributed by atoms with Crippen LogP contribution in [-0.2, 0) is 14.4 Å². The van der Waals surface area contributed by atoms with Gasteiger partial charge in [0.2, 0.25) is 11.8 Å². The molecule has 2 aliphatic heterocycles. The Bertz CT molecular complexity index is 333. The maximum atomic E-state index is 10.4. The van der Waals surface area contributed by atoms with Crippen LogP contribution in [0.1, 0.15) is 25.7 Å². The van der Waals surface area contributed by atoms with E-state index in [-0.39, 0.29) is 23.9 Å². The van der Waals surface area contributed by atoms with Crippen molar-refractivity contribution < 1.29 is 14.4 Å². The number of rotatable bonds is 1. The minimum absolute atomic E-state index is 0.00231. The predicted octanol–water partition coefficient (Wildman–Crippen LogP) is -0.638. The Morgan fingerprint density at radius 1 is 1.19 bits per heavy atom. The van der Waals surface area contributed by atoms with Crippen LogP contribution < -0.4 is 10.6 Å². The van der Waals surface area contributed by atoms with Gasteiger partial charge in [0.05, 0.1) is 12.1 Å². The van der Waals surface area contributed by atoms with Gasteiger partial charge in [0.15, 0.2) is 0 Å². The highest BCUT2D eigenvalue weighted by atomic mass is 16.2.